The van der Waals surface area contributed by atoms with Gasteiger partial charge in [-0.2, -0.15) is 23.3 Å². The molecule has 0 aliphatic carbocycles. The number of hydrogen-bond donors (Lipinski definition) is 2. The van der Waals surface area contributed by atoms with E-state index >= 15 is 0 Å². The van der Waals surface area contributed by atoms with Crippen LogP contribution in [0.4, 0.5) is 18.9 Å². The first-order valence-electron chi connectivity index (χ1n) is 9.27. The van der Waals surface area contributed by atoms with Gasteiger partial charge in [-0.1, -0.05) is 26.2 Å². The Balaban J connectivity index is 2.15. The van der Waals surface area contributed by atoms with Gasteiger partial charge in [-0.25, -0.2) is 0 Å². The number of halogens is 3. The molecule has 1 heterocycles. The van der Waals surface area contributed by atoms with E-state index in [0.29, 0.717) is 12.2 Å². The maximum atomic E-state index is 13.5. The average Bonchev–Trinajstić information content (AvgIpc) is 3.03. The Morgan fingerprint density at radius 3 is 2.45 bits per heavy atom. The summed E-state index contributed by atoms with van der Waals surface area (Å²) in [5, 5.41) is 15.9. The molecule has 2 N–H and O–H groups in total. The van der Waals surface area contributed by atoms with Gasteiger partial charge < -0.3 is 15.2 Å². The Kier molecular flexibility index (Phi) is 7.23. The fourth-order valence-corrected chi connectivity index (χ4v) is 2.90. The lowest BCUT2D eigenvalue weighted by Crippen LogP contribution is -2.58. The fourth-order valence-electron chi connectivity index (χ4n) is 2.90. The van der Waals surface area contributed by atoms with Gasteiger partial charge in [-0.05, 0) is 37.1 Å². The lowest BCUT2D eigenvalue weighted by molar-refractivity contribution is -0.301. The zero-order valence-electron chi connectivity index (χ0n) is 16.3. The van der Waals surface area contributed by atoms with Crippen LogP contribution < -0.4 is 10.1 Å². The van der Waals surface area contributed by atoms with Crippen LogP contribution in [0.5, 0.6) is 5.75 Å². The number of amides is 2. The van der Waals surface area contributed by atoms with Gasteiger partial charge in [0.15, 0.2) is 0 Å². The van der Waals surface area contributed by atoms with Crippen molar-refractivity contribution >= 4 is 23.2 Å². The largest absolute Gasteiger partial charge is 0.497 e. The molecule has 0 saturated carbocycles. The molecule has 1 aromatic carbocycles. The molecule has 1 aliphatic heterocycles. The number of rotatable bonds is 7. The molecule has 0 saturated heterocycles. The van der Waals surface area contributed by atoms with Crippen LogP contribution in [0.3, 0.4) is 0 Å². The number of hydrazone groups is 1. The van der Waals surface area contributed by atoms with Crippen molar-refractivity contribution in [1.29, 1.82) is 0 Å². The summed E-state index contributed by atoms with van der Waals surface area (Å²) in [7, 11) is 1.44. The smallest absolute Gasteiger partial charge is 0.438 e. The number of unbranched alkanes of at least 4 members (excludes halogenated alkanes) is 3. The molecule has 29 heavy (non-hydrogen) atoms. The van der Waals surface area contributed by atoms with Crippen LogP contribution in [-0.2, 0) is 9.59 Å². The van der Waals surface area contributed by atoms with Crippen molar-refractivity contribution in [3.05, 3.63) is 24.3 Å². The van der Waals surface area contributed by atoms with Gasteiger partial charge in [0, 0.05) is 17.8 Å². The number of carbonyl (C=O) groups excluding carboxylic acids is 2. The summed E-state index contributed by atoms with van der Waals surface area (Å²) >= 11 is 0. The predicted octanol–water partition coefficient (Wildman–Crippen LogP) is 3.44. The molecule has 1 atom stereocenters. The van der Waals surface area contributed by atoms with Gasteiger partial charge in [0.05, 0.1) is 7.11 Å². The maximum Gasteiger partial charge on any atom is 0.438 e. The fraction of sp³-hybridized carbons (Fsp3) is 0.526. The number of hydrogen-bond acceptors (Lipinski definition) is 5. The Labute approximate surface area is 166 Å². The van der Waals surface area contributed by atoms with Gasteiger partial charge in [-0.15, -0.1) is 0 Å². The van der Waals surface area contributed by atoms with Crippen molar-refractivity contribution < 1.29 is 32.6 Å². The van der Waals surface area contributed by atoms with Crippen molar-refractivity contribution in [3.8, 4) is 5.75 Å². The van der Waals surface area contributed by atoms with E-state index in [0.717, 1.165) is 19.3 Å². The van der Waals surface area contributed by atoms with Crippen molar-refractivity contribution in [3.63, 3.8) is 0 Å². The summed E-state index contributed by atoms with van der Waals surface area (Å²) in [6, 6.07) is 5.86. The molecule has 7 nitrogen and oxygen atoms in total. The number of nitrogens with zero attached hydrogens (tertiary/aromatic N) is 2. The molecule has 2 amide bonds. The SMILES string of the molecule is CCCCCCC1=NN(C(=O)C(=O)Nc2ccc(OC)cc2)[C@](O)(C(F)(F)F)C1. The molecule has 0 radical (unpaired) electrons. The van der Waals surface area contributed by atoms with E-state index < -0.39 is 30.1 Å². The Morgan fingerprint density at radius 2 is 1.90 bits per heavy atom. The summed E-state index contributed by atoms with van der Waals surface area (Å²) in [6.07, 6.45) is -2.57. The highest BCUT2D eigenvalue weighted by molar-refractivity contribution is 6.39. The number of benzene rings is 1. The highest BCUT2D eigenvalue weighted by Gasteiger charge is 2.63. The van der Waals surface area contributed by atoms with Crippen LogP contribution >= 0.6 is 0 Å². The highest BCUT2D eigenvalue weighted by atomic mass is 19.4. The van der Waals surface area contributed by atoms with E-state index in [-0.39, 0.29) is 22.8 Å². The topological polar surface area (TPSA) is 91.2 Å². The Morgan fingerprint density at radius 1 is 1.24 bits per heavy atom. The summed E-state index contributed by atoms with van der Waals surface area (Å²) in [4.78, 5) is 24.6. The van der Waals surface area contributed by atoms with Gasteiger partial charge in [0.2, 0.25) is 0 Å². The number of ether oxygens (including phenoxy) is 1. The highest BCUT2D eigenvalue weighted by Crippen LogP contribution is 2.41. The third-order valence-electron chi connectivity index (χ3n) is 4.55. The van der Waals surface area contributed by atoms with E-state index in [4.69, 9.17) is 4.74 Å². The first kappa shape index (κ1) is 22.7. The second-order valence-electron chi connectivity index (χ2n) is 6.77. The molecule has 0 unspecified atom stereocenters. The molecular formula is C19H24F3N3O4. The first-order chi connectivity index (χ1) is 13.6. The van der Waals surface area contributed by atoms with Crippen molar-refractivity contribution in [2.45, 2.75) is 57.3 Å². The van der Waals surface area contributed by atoms with Gasteiger partial charge in [0.25, 0.3) is 5.72 Å². The lowest BCUT2D eigenvalue weighted by Gasteiger charge is -2.32. The molecular weight excluding hydrogens is 391 g/mol. The van der Waals surface area contributed by atoms with Crippen molar-refractivity contribution in [2.75, 3.05) is 12.4 Å². The maximum absolute atomic E-state index is 13.5. The van der Waals surface area contributed by atoms with Crippen LogP contribution in [0.15, 0.2) is 29.4 Å². The number of anilines is 1. The van der Waals surface area contributed by atoms with E-state index in [9.17, 15) is 27.9 Å². The van der Waals surface area contributed by atoms with E-state index in [1.165, 1.54) is 31.4 Å². The Bertz CT molecular complexity index is 765. The van der Waals surface area contributed by atoms with Crippen LogP contribution in [0, 0.1) is 0 Å². The van der Waals surface area contributed by atoms with Crippen LogP contribution in [-0.4, -0.2) is 46.7 Å². The summed E-state index contributed by atoms with van der Waals surface area (Å²) in [6.45, 7) is 2.00. The summed E-state index contributed by atoms with van der Waals surface area (Å²) in [5.41, 5.74) is -3.32. The normalized spacial score (nSPS) is 19.1. The van der Waals surface area contributed by atoms with Crippen molar-refractivity contribution in [2.24, 2.45) is 5.10 Å². The van der Waals surface area contributed by atoms with Gasteiger partial charge in [-0.3, -0.25) is 9.59 Å². The average molecular weight is 415 g/mol. The standard InChI is InChI=1S/C19H24F3N3O4/c1-3-4-5-6-7-14-12-18(28,19(20,21)22)25(24-14)17(27)16(26)23-13-8-10-15(29-2)11-9-13/h8-11,28H,3-7,12H2,1-2H3,(H,23,26)/t18-/m1/s1. The van der Waals surface area contributed by atoms with Crippen LogP contribution in [0.25, 0.3) is 0 Å². The van der Waals surface area contributed by atoms with E-state index in [2.05, 4.69) is 10.4 Å². The molecule has 1 aliphatic rings. The molecule has 0 aromatic heterocycles. The minimum Gasteiger partial charge on any atom is -0.497 e. The minimum absolute atomic E-state index is 0.0338. The van der Waals surface area contributed by atoms with Gasteiger partial charge in [0.1, 0.15) is 5.75 Å². The predicted molar refractivity (Wildman–Crippen MR) is 100 cm³/mol. The summed E-state index contributed by atoms with van der Waals surface area (Å²) < 4.78 is 45.4. The van der Waals surface area contributed by atoms with Crippen LogP contribution in [0.2, 0.25) is 0 Å². The zero-order chi connectivity index (χ0) is 21.7. The minimum atomic E-state index is -5.17. The molecule has 0 bridgehead atoms. The number of alkyl halides is 3. The third kappa shape index (κ3) is 5.26. The van der Waals surface area contributed by atoms with E-state index in [1.54, 1.807) is 0 Å². The molecule has 160 valence electrons. The quantitative estimate of drug-likeness (QED) is 0.527. The third-order valence-corrected chi connectivity index (χ3v) is 4.55. The molecule has 0 spiro atoms. The zero-order valence-corrected chi connectivity index (χ0v) is 16.3. The molecule has 10 heteroatoms. The monoisotopic (exact) mass is 415 g/mol. The summed E-state index contributed by atoms with van der Waals surface area (Å²) in [5.74, 6) is -2.43. The Hall–Kier alpha value is -2.62. The first-order valence-corrected chi connectivity index (χ1v) is 9.27. The van der Waals surface area contributed by atoms with Crippen LogP contribution in [0.1, 0.15) is 45.4 Å². The van der Waals surface area contributed by atoms with Gasteiger partial charge >= 0.3 is 18.0 Å². The lowest BCUT2D eigenvalue weighted by atomic mass is 10.0. The number of carbonyl (C=O) groups is 2. The molecule has 0 fully saturated rings. The van der Waals surface area contributed by atoms with E-state index in [1.807, 2.05) is 6.92 Å². The number of aliphatic hydroxyl groups is 1. The second kappa shape index (κ2) is 9.25. The molecule has 1 aromatic rings. The number of nitrogens with one attached hydrogen (secondary N) is 1. The number of methoxy groups -OCH3 is 1. The molecule has 2 rings (SSSR count). The van der Waals surface area contributed by atoms with Crippen molar-refractivity contribution in [1.82, 2.24) is 5.01 Å². The second-order valence-corrected chi connectivity index (χ2v) is 6.77.